The average molecular weight is 484 g/mol. The van der Waals surface area contributed by atoms with Crippen LogP contribution in [0.15, 0.2) is 34.7 Å². The Bertz CT molecular complexity index is 1200. The molecule has 1 aliphatic rings. The molecule has 1 amide bonds. The molecule has 32 heavy (non-hydrogen) atoms. The Labute approximate surface area is 190 Å². The Kier molecular flexibility index (Phi) is 6.05. The Morgan fingerprint density at radius 3 is 2.62 bits per heavy atom. The van der Waals surface area contributed by atoms with Crippen LogP contribution in [0.4, 0.5) is 18.2 Å². The van der Waals surface area contributed by atoms with E-state index in [1.807, 2.05) is 0 Å². The first-order chi connectivity index (χ1) is 15.2. The van der Waals surface area contributed by atoms with Gasteiger partial charge in [-0.3, -0.25) is 4.79 Å². The Morgan fingerprint density at radius 2 is 1.91 bits per heavy atom. The second-order valence-electron chi connectivity index (χ2n) is 7.22. The van der Waals surface area contributed by atoms with Crippen LogP contribution in [0, 0.1) is 0 Å². The van der Waals surface area contributed by atoms with Crippen molar-refractivity contribution in [2.45, 2.75) is 31.9 Å². The number of fused-ring (bicyclic) bond motifs is 1. The van der Waals surface area contributed by atoms with Crippen LogP contribution in [0.25, 0.3) is 11.3 Å². The number of rotatable bonds is 4. The third kappa shape index (κ3) is 4.27. The van der Waals surface area contributed by atoms with Gasteiger partial charge in [0.1, 0.15) is 10.8 Å². The van der Waals surface area contributed by atoms with Gasteiger partial charge in [-0.2, -0.15) is 13.2 Å². The molecular formula is C22H17ClF3NO4S. The summed E-state index contributed by atoms with van der Waals surface area (Å²) in [6.07, 6.45) is -1.06. The SMILES string of the molecule is COC(=O)c1c(NC(=O)c2ccc(-c3cc(C(F)(F)F)ccc3Cl)o2)sc2c1CCCC2. The lowest BCUT2D eigenvalue weighted by Crippen LogP contribution is -2.14. The van der Waals surface area contributed by atoms with E-state index in [0.29, 0.717) is 10.6 Å². The number of hydrogen-bond donors (Lipinski definition) is 1. The van der Waals surface area contributed by atoms with Crippen molar-refractivity contribution < 1.29 is 31.9 Å². The summed E-state index contributed by atoms with van der Waals surface area (Å²) in [7, 11) is 1.28. The van der Waals surface area contributed by atoms with Gasteiger partial charge in [-0.05, 0) is 61.6 Å². The lowest BCUT2D eigenvalue weighted by molar-refractivity contribution is -0.137. The Balaban J connectivity index is 1.63. The maximum absolute atomic E-state index is 13.0. The molecule has 0 spiro atoms. The first-order valence-corrected chi connectivity index (χ1v) is 10.9. The number of amides is 1. The highest BCUT2D eigenvalue weighted by Gasteiger charge is 2.32. The van der Waals surface area contributed by atoms with Gasteiger partial charge >= 0.3 is 12.1 Å². The zero-order chi connectivity index (χ0) is 23.0. The number of anilines is 1. The molecule has 0 radical (unpaired) electrons. The number of carbonyl (C=O) groups excluding carboxylic acids is 2. The third-order valence-electron chi connectivity index (χ3n) is 5.18. The molecule has 1 aliphatic carbocycles. The molecule has 0 aliphatic heterocycles. The summed E-state index contributed by atoms with van der Waals surface area (Å²) < 4.78 is 49.5. The number of carbonyl (C=O) groups is 2. The lowest BCUT2D eigenvalue weighted by atomic mass is 9.95. The van der Waals surface area contributed by atoms with Gasteiger partial charge in [0.15, 0.2) is 5.76 Å². The number of aryl methyl sites for hydroxylation is 1. The fraction of sp³-hybridized carbons (Fsp3) is 0.273. The minimum Gasteiger partial charge on any atom is -0.465 e. The molecule has 0 saturated carbocycles. The first kappa shape index (κ1) is 22.4. The summed E-state index contributed by atoms with van der Waals surface area (Å²) in [6.45, 7) is 0. The van der Waals surface area contributed by atoms with Crippen molar-refractivity contribution in [2.24, 2.45) is 0 Å². The van der Waals surface area contributed by atoms with E-state index in [-0.39, 0.29) is 22.1 Å². The van der Waals surface area contributed by atoms with Crippen molar-refractivity contribution in [1.29, 1.82) is 0 Å². The highest BCUT2D eigenvalue weighted by atomic mass is 35.5. The maximum Gasteiger partial charge on any atom is 0.416 e. The monoisotopic (exact) mass is 483 g/mol. The molecule has 168 valence electrons. The van der Waals surface area contributed by atoms with E-state index in [1.54, 1.807) is 0 Å². The number of hydrogen-bond acceptors (Lipinski definition) is 5. The Morgan fingerprint density at radius 1 is 1.16 bits per heavy atom. The van der Waals surface area contributed by atoms with Crippen molar-refractivity contribution in [2.75, 3.05) is 12.4 Å². The van der Waals surface area contributed by atoms with Gasteiger partial charge in [-0.1, -0.05) is 11.6 Å². The molecule has 0 fully saturated rings. The number of esters is 1. The highest BCUT2D eigenvalue weighted by molar-refractivity contribution is 7.17. The molecule has 2 aromatic heterocycles. The van der Waals surface area contributed by atoms with Crippen LogP contribution >= 0.6 is 22.9 Å². The zero-order valence-electron chi connectivity index (χ0n) is 16.8. The molecule has 4 rings (SSSR count). The van der Waals surface area contributed by atoms with Crippen molar-refractivity contribution in [3.05, 3.63) is 62.7 Å². The minimum absolute atomic E-state index is 0.0161. The highest BCUT2D eigenvalue weighted by Crippen LogP contribution is 2.39. The number of methoxy groups -OCH3 is 1. The second-order valence-corrected chi connectivity index (χ2v) is 8.73. The summed E-state index contributed by atoms with van der Waals surface area (Å²) in [5.41, 5.74) is 0.362. The minimum atomic E-state index is -4.55. The second kappa shape index (κ2) is 8.63. The van der Waals surface area contributed by atoms with Gasteiger partial charge in [0.2, 0.25) is 0 Å². The summed E-state index contributed by atoms with van der Waals surface area (Å²) >= 11 is 7.37. The molecule has 1 N–H and O–H groups in total. The normalized spacial score (nSPS) is 13.5. The fourth-order valence-electron chi connectivity index (χ4n) is 3.63. The van der Waals surface area contributed by atoms with Gasteiger partial charge in [0, 0.05) is 10.4 Å². The van der Waals surface area contributed by atoms with E-state index in [2.05, 4.69) is 5.32 Å². The van der Waals surface area contributed by atoms with E-state index in [4.69, 9.17) is 20.8 Å². The van der Waals surface area contributed by atoms with Crippen LogP contribution in [-0.2, 0) is 23.8 Å². The molecular weight excluding hydrogens is 467 g/mol. The van der Waals surface area contributed by atoms with E-state index in [1.165, 1.54) is 30.6 Å². The molecule has 5 nitrogen and oxygen atoms in total. The lowest BCUT2D eigenvalue weighted by Gasteiger charge is -2.11. The van der Waals surface area contributed by atoms with Crippen LogP contribution in [0.5, 0.6) is 0 Å². The number of nitrogens with one attached hydrogen (secondary N) is 1. The van der Waals surface area contributed by atoms with E-state index in [0.717, 1.165) is 54.3 Å². The smallest absolute Gasteiger partial charge is 0.416 e. The van der Waals surface area contributed by atoms with Crippen LogP contribution in [-0.4, -0.2) is 19.0 Å². The number of furan rings is 1. The number of halogens is 4. The zero-order valence-corrected chi connectivity index (χ0v) is 18.3. The van der Waals surface area contributed by atoms with Crippen molar-refractivity contribution >= 4 is 39.8 Å². The van der Waals surface area contributed by atoms with Crippen LogP contribution in [0.2, 0.25) is 5.02 Å². The quantitative estimate of drug-likeness (QED) is 0.424. The largest absolute Gasteiger partial charge is 0.465 e. The molecule has 2 heterocycles. The standard InChI is InChI=1S/C22H17ClF3NO4S/c1-30-21(29)18-12-4-2-3-5-17(12)32-20(18)27-19(28)16-9-8-15(31-16)13-10-11(22(24,25)26)6-7-14(13)23/h6-10H,2-5H2,1H3,(H,27,28). The summed E-state index contributed by atoms with van der Waals surface area (Å²) in [5, 5.41) is 3.10. The van der Waals surface area contributed by atoms with Gasteiger partial charge < -0.3 is 14.5 Å². The van der Waals surface area contributed by atoms with Crippen LogP contribution in [0.1, 0.15) is 49.8 Å². The number of alkyl halides is 3. The van der Waals surface area contributed by atoms with Gasteiger partial charge in [-0.25, -0.2) is 4.79 Å². The molecule has 1 aromatic carbocycles. The molecule has 0 saturated heterocycles. The maximum atomic E-state index is 13.0. The third-order valence-corrected chi connectivity index (χ3v) is 6.71. The first-order valence-electron chi connectivity index (χ1n) is 9.70. The summed E-state index contributed by atoms with van der Waals surface area (Å²) in [6, 6.07) is 5.57. The van der Waals surface area contributed by atoms with E-state index in [9.17, 15) is 22.8 Å². The van der Waals surface area contributed by atoms with Gasteiger partial charge in [0.05, 0.1) is 23.3 Å². The summed E-state index contributed by atoms with van der Waals surface area (Å²) in [4.78, 5) is 26.1. The van der Waals surface area contributed by atoms with Crippen molar-refractivity contribution in [3.63, 3.8) is 0 Å². The van der Waals surface area contributed by atoms with Gasteiger partial charge in [0.25, 0.3) is 5.91 Å². The predicted molar refractivity (Wildman–Crippen MR) is 114 cm³/mol. The van der Waals surface area contributed by atoms with E-state index < -0.39 is 23.6 Å². The van der Waals surface area contributed by atoms with Crippen LogP contribution < -0.4 is 5.32 Å². The topological polar surface area (TPSA) is 68.5 Å². The Hall–Kier alpha value is -2.78. The number of ether oxygens (including phenoxy) is 1. The van der Waals surface area contributed by atoms with Gasteiger partial charge in [-0.15, -0.1) is 11.3 Å². The number of benzene rings is 1. The predicted octanol–water partition coefficient (Wildman–Crippen LogP) is 6.60. The van der Waals surface area contributed by atoms with Crippen molar-refractivity contribution in [1.82, 2.24) is 0 Å². The summed E-state index contributed by atoms with van der Waals surface area (Å²) in [5.74, 6) is -1.28. The van der Waals surface area contributed by atoms with Crippen LogP contribution in [0.3, 0.4) is 0 Å². The molecule has 3 aromatic rings. The van der Waals surface area contributed by atoms with E-state index >= 15 is 0 Å². The van der Waals surface area contributed by atoms with Crippen molar-refractivity contribution in [3.8, 4) is 11.3 Å². The molecule has 0 atom stereocenters. The number of thiophene rings is 1. The molecule has 0 unspecified atom stereocenters. The molecule has 10 heteroatoms. The average Bonchev–Trinajstić information content (AvgIpc) is 3.37. The fourth-order valence-corrected chi connectivity index (χ4v) is 5.11. The molecule has 0 bridgehead atoms.